The number of hydrogen-bond acceptors (Lipinski definition) is 7. The minimum Gasteiger partial charge on any atom is -0.380 e. The van der Waals surface area contributed by atoms with Gasteiger partial charge in [-0.05, 0) is 13.3 Å². The molecule has 13 heteroatoms. The number of halogens is 6. The molecule has 1 aromatic heterocycles. The first-order valence-electron chi connectivity index (χ1n) is 7.29. The molecule has 0 bridgehead atoms. The maximum atomic E-state index is 14.1. The number of aromatic nitrogens is 3. The van der Waals surface area contributed by atoms with E-state index in [9.17, 15) is 31.4 Å². The van der Waals surface area contributed by atoms with Gasteiger partial charge in [0.25, 0.3) is 11.9 Å². The number of aliphatic hydroxyl groups is 1. The van der Waals surface area contributed by atoms with Gasteiger partial charge >= 0.3 is 6.18 Å². The Balaban J connectivity index is 2.44. The van der Waals surface area contributed by atoms with Crippen LogP contribution in [0.2, 0.25) is 0 Å². The molecule has 1 aliphatic rings. The lowest BCUT2D eigenvalue weighted by molar-refractivity contribution is -0.138. The van der Waals surface area contributed by atoms with Crippen LogP contribution in [-0.4, -0.2) is 51.4 Å². The summed E-state index contributed by atoms with van der Waals surface area (Å²) in [5.41, 5.74) is 1.69. The van der Waals surface area contributed by atoms with E-state index < -0.39 is 60.3 Å². The Kier molecular flexibility index (Phi) is 5.61. The lowest BCUT2D eigenvalue weighted by atomic mass is 9.92. The summed E-state index contributed by atoms with van der Waals surface area (Å²) in [6.07, 6.45) is -8.71. The third-order valence-corrected chi connectivity index (χ3v) is 3.57. The molecule has 0 saturated carbocycles. The fraction of sp³-hybridized carbons (Fsp3) is 0.615. The third kappa shape index (κ3) is 4.33. The van der Waals surface area contributed by atoms with Crippen molar-refractivity contribution in [2.24, 2.45) is 0 Å². The van der Waals surface area contributed by atoms with Crippen molar-refractivity contribution in [1.29, 1.82) is 0 Å². The van der Waals surface area contributed by atoms with Crippen LogP contribution in [0, 0.1) is 0 Å². The molecule has 7 nitrogen and oxygen atoms in total. The van der Waals surface area contributed by atoms with E-state index in [1.54, 1.807) is 0 Å². The van der Waals surface area contributed by atoms with Gasteiger partial charge in [0.05, 0.1) is 7.11 Å². The molecular formula is C13H15F6N5O2. The molecule has 0 saturated heterocycles. The average molecular weight is 387 g/mol. The van der Waals surface area contributed by atoms with Crippen LogP contribution in [0.5, 0.6) is 0 Å². The number of rotatable bonds is 5. The number of nitrogens with zero attached hydrogens (tertiary/aromatic N) is 3. The number of alkyl halides is 5. The van der Waals surface area contributed by atoms with Crippen LogP contribution in [0.15, 0.2) is 5.83 Å². The maximum Gasteiger partial charge on any atom is 0.408 e. The van der Waals surface area contributed by atoms with E-state index >= 15 is 0 Å². The second-order valence-electron chi connectivity index (χ2n) is 5.51. The number of anilines is 2. The van der Waals surface area contributed by atoms with Crippen LogP contribution < -0.4 is 10.8 Å². The number of aliphatic hydroxyl groups excluding tert-OH is 1. The van der Waals surface area contributed by atoms with Crippen LogP contribution in [0.3, 0.4) is 0 Å². The van der Waals surface area contributed by atoms with Gasteiger partial charge in [0.15, 0.2) is 11.9 Å². The SMILES string of the molecule is CONc1nc(NC(C)C(F)(F)F)nc(C2=C(F)C(O)C(F)(F)CC2)n1. The topological polar surface area (TPSA) is 92.2 Å². The van der Waals surface area contributed by atoms with Gasteiger partial charge in [0.2, 0.25) is 5.95 Å². The van der Waals surface area contributed by atoms with Gasteiger partial charge in [0.1, 0.15) is 11.9 Å². The van der Waals surface area contributed by atoms with E-state index in [0.717, 1.165) is 6.92 Å². The predicted octanol–water partition coefficient (Wildman–Crippen LogP) is 2.68. The molecule has 1 aliphatic carbocycles. The zero-order valence-corrected chi connectivity index (χ0v) is 13.5. The van der Waals surface area contributed by atoms with Crippen molar-refractivity contribution in [2.45, 2.75) is 44.0 Å². The van der Waals surface area contributed by atoms with Gasteiger partial charge in [-0.15, -0.1) is 0 Å². The van der Waals surface area contributed by atoms with Gasteiger partial charge in [0, 0.05) is 12.0 Å². The van der Waals surface area contributed by atoms with Crippen LogP contribution >= 0.6 is 0 Å². The number of allylic oxidation sites excluding steroid dienone is 1. The Morgan fingerprint density at radius 2 is 1.85 bits per heavy atom. The van der Waals surface area contributed by atoms with E-state index in [1.165, 1.54) is 7.11 Å². The summed E-state index contributed by atoms with van der Waals surface area (Å²) < 4.78 is 78.9. The fourth-order valence-electron chi connectivity index (χ4n) is 2.10. The highest BCUT2D eigenvalue weighted by Crippen LogP contribution is 2.41. The predicted molar refractivity (Wildman–Crippen MR) is 77.8 cm³/mol. The molecular weight excluding hydrogens is 372 g/mol. The van der Waals surface area contributed by atoms with Crippen molar-refractivity contribution in [3.63, 3.8) is 0 Å². The molecule has 26 heavy (non-hydrogen) atoms. The highest BCUT2D eigenvalue weighted by Gasteiger charge is 2.46. The van der Waals surface area contributed by atoms with E-state index in [0.29, 0.717) is 0 Å². The van der Waals surface area contributed by atoms with Crippen LogP contribution in [-0.2, 0) is 4.84 Å². The number of nitrogens with one attached hydrogen (secondary N) is 2. The standard InChI is InChI=1S/C13H15F6N5O2/c1-5(13(17,18)19)20-10-21-9(22-11(23-10)24-26-2)6-3-4-12(15,16)8(25)7(6)14/h5,8,25H,3-4H2,1-2H3,(H2,20,21,22,23,24). The summed E-state index contributed by atoms with van der Waals surface area (Å²) in [6.45, 7) is 0.803. The molecule has 3 N–H and O–H groups in total. The molecule has 0 spiro atoms. The lowest BCUT2D eigenvalue weighted by Gasteiger charge is -2.27. The highest BCUT2D eigenvalue weighted by atomic mass is 19.4. The third-order valence-electron chi connectivity index (χ3n) is 3.57. The Morgan fingerprint density at radius 1 is 1.23 bits per heavy atom. The molecule has 2 atom stereocenters. The fourth-order valence-corrected chi connectivity index (χ4v) is 2.10. The summed E-state index contributed by atoms with van der Waals surface area (Å²) in [5, 5.41) is 11.3. The Labute approximate surface area is 143 Å². The molecule has 0 fully saturated rings. The molecule has 0 amide bonds. The van der Waals surface area contributed by atoms with Gasteiger partial charge in [-0.1, -0.05) is 0 Å². The Bertz CT molecular complexity index is 696. The van der Waals surface area contributed by atoms with Gasteiger partial charge in [-0.25, -0.2) is 18.7 Å². The molecule has 1 heterocycles. The second kappa shape index (κ2) is 7.23. The van der Waals surface area contributed by atoms with Crippen molar-refractivity contribution >= 4 is 17.5 Å². The summed E-state index contributed by atoms with van der Waals surface area (Å²) in [5.74, 6) is -6.66. The van der Waals surface area contributed by atoms with Crippen LogP contribution in [0.1, 0.15) is 25.6 Å². The van der Waals surface area contributed by atoms with Crippen molar-refractivity contribution in [1.82, 2.24) is 15.0 Å². The first-order chi connectivity index (χ1) is 12.0. The zero-order chi connectivity index (χ0) is 19.7. The second-order valence-corrected chi connectivity index (χ2v) is 5.51. The van der Waals surface area contributed by atoms with E-state index in [1.807, 2.05) is 5.32 Å². The molecule has 1 aromatic rings. The first-order valence-corrected chi connectivity index (χ1v) is 7.29. The lowest BCUT2D eigenvalue weighted by Crippen LogP contribution is -2.37. The van der Waals surface area contributed by atoms with E-state index in [4.69, 9.17) is 0 Å². The van der Waals surface area contributed by atoms with E-state index in [2.05, 4.69) is 25.3 Å². The van der Waals surface area contributed by atoms with Crippen LogP contribution in [0.4, 0.5) is 38.2 Å². The van der Waals surface area contributed by atoms with Crippen LogP contribution in [0.25, 0.3) is 5.57 Å². The van der Waals surface area contributed by atoms with E-state index in [-0.39, 0.29) is 5.95 Å². The van der Waals surface area contributed by atoms with Crippen molar-refractivity contribution in [3.8, 4) is 0 Å². The minimum absolute atomic E-state index is 0.374. The summed E-state index contributed by atoms with van der Waals surface area (Å²) >= 11 is 0. The maximum absolute atomic E-state index is 14.1. The molecule has 2 rings (SSSR count). The molecule has 146 valence electrons. The monoisotopic (exact) mass is 387 g/mol. The molecule has 0 aromatic carbocycles. The smallest absolute Gasteiger partial charge is 0.380 e. The molecule has 0 radical (unpaired) electrons. The zero-order valence-electron chi connectivity index (χ0n) is 13.5. The average Bonchev–Trinajstić information content (AvgIpc) is 2.52. The Hall–Kier alpha value is -2.15. The summed E-state index contributed by atoms with van der Waals surface area (Å²) in [4.78, 5) is 15.5. The quantitative estimate of drug-likeness (QED) is 0.529. The first kappa shape index (κ1) is 20.2. The largest absolute Gasteiger partial charge is 0.408 e. The summed E-state index contributed by atoms with van der Waals surface area (Å²) in [7, 11) is 1.17. The van der Waals surface area contributed by atoms with Crippen molar-refractivity contribution in [3.05, 3.63) is 11.7 Å². The minimum atomic E-state index is -4.62. The van der Waals surface area contributed by atoms with Gasteiger partial charge in [-0.2, -0.15) is 28.1 Å². The van der Waals surface area contributed by atoms with Gasteiger partial charge < -0.3 is 10.4 Å². The number of hydrogen-bond donors (Lipinski definition) is 3. The summed E-state index contributed by atoms with van der Waals surface area (Å²) in [6, 6.07) is -2.05. The van der Waals surface area contributed by atoms with Gasteiger partial charge in [-0.3, -0.25) is 4.84 Å². The molecule has 0 aliphatic heterocycles. The Morgan fingerprint density at radius 3 is 2.42 bits per heavy atom. The van der Waals surface area contributed by atoms with Crippen molar-refractivity contribution < 1.29 is 36.3 Å². The van der Waals surface area contributed by atoms with Crippen molar-refractivity contribution in [2.75, 3.05) is 17.9 Å². The highest BCUT2D eigenvalue weighted by molar-refractivity contribution is 5.65. The normalized spacial score (nSPS) is 21.5. The molecule has 2 unspecified atom stereocenters.